The van der Waals surface area contributed by atoms with E-state index < -0.39 is 11.7 Å². The van der Waals surface area contributed by atoms with Crippen LogP contribution in [0.3, 0.4) is 0 Å². The van der Waals surface area contributed by atoms with Gasteiger partial charge >= 0.3 is 6.18 Å². The average molecular weight is 862 g/mol. The van der Waals surface area contributed by atoms with Crippen LogP contribution in [0, 0.1) is 6.92 Å². The smallest absolute Gasteiger partial charge is 0.308 e. The molecule has 0 unspecified atom stereocenters. The molecule has 11 rings (SSSR count). The Morgan fingerprint density at radius 2 is 0.833 bits per heavy atom. The van der Waals surface area contributed by atoms with Crippen molar-refractivity contribution in [3.05, 3.63) is 223 Å². The van der Waals surface area contributed by atoms with Gasteiger partial charge < -0.3 is 4.57 Å². The molecule has 0 saturated heterocycles. The molecule has 0 aliphatic heterocycles. The van der Waals surface area contributed by atoms with Gasteiger partial charge in [-0.05, 0) is 66.6 Å². The minimum Gasteiger partial charge on any atom is -0.308 e. The Kier molecular flexibility index (Phi) is 10.1. The molecule has 11 aromatic rings. The summed E-state index contributed by atoms with van der Waals surface area (Å²) >= 11 is 0. The fraction of sp³-hybridized carbons (Fsp3) is 0.0345. The lowest BCUT2D eigenvalue weighted by atomic mass is 9.96. The summed E-state index contributed by atoms with van der Waals surface area (Å²) in [6, 6.07) is 68.3. The Balaban J connectivity index is 1.21. The number of hydrogen-bond donors (Lipinski definition) is 0. The number of hydrogen-bond acceptors (Lipinski definition) is 4. The number of aryl methyl sites for hydroxylation is 1. The van der Waals surface area contributed by atoms with Gasteiger partial charge in [0.05, 0.1) is 45.1 Å². The second kappa shape index (κ2) is 16.6. The third-order valence-electron chi connectivity index (χ3n) is 11.9. The zero-order chi connectivity index (χ0) is 44.8. The Labute approximate surface area is 379 Å². The molecular weight excluding hydrogens is 824 g/mol. The van der Waals surface area contributed by atoms with Gasteiger partial charge in [-0.3, -0.25) is 0 Å². The number of benzene rings is 8. The molecule has 0 spiro atoms. The molecule has 316 valence electrons. The lowest BCUT2D eigenvalue weighted by Gasteiger charge is -2.17. The molecule has 3 aromatic heterocycles. The predicted molar refractivity (Wildman–Crippen MR) is 260 cm³/mol. The van der Waals surface area contributed by atoms with Crippen molar-refractivity contribution < 1.29 is 13.2 Å². The topological polar surface area (TPSA) is 56.5 Å². The van der Waals surface area contributed by atoms with E-state index in [1.165, 1.54) is 6.07 Å². The second-order valence-corrected chi connectivity index (χ2v) is 16.3. The van der Waals surface area contributed by atoms with E-state index in [2.05, 4.69) is 4.57 Å². The van der Waals surface area contributed by atoms with Gasteiger partial charge in [-0.25, -0.2) is 19.9 Å². The molecule has 0 atom stereocenters. The van der Waals surface area contributed by atoms with Crippen molar-refractivity contribution in [3.8, 4) is 84.6 Å². The monoisotopic (exact) mass is 861 g/mol. The van der Waals surface area contributed by atoms with Gasteiger partial charge in [0.1, 0.15) is 0 Å². The fourth-order valence-corrected chi connectivity index (χ4v) is 8.76. The highest BCUT2D eigenvalue weighted by molar-refractivity contribution is 6.11. The third-order valence-corrected chi connectivity index (χ3v) is 11.9. The maximum absolute atomic E-state index is 14.7. The average Bonchev–Trinajstić information content (AvgIpc) is 3.70. The summed E-state index contributed by atoms with van der Waals surface area (Å²) in [6.45, 7) is 1.68. The van der Waals surface area contributed by atoms with Crippen molar-refractivity contribution >= 4 is 21.8 Å². The normalized spacial score (nSPS) is 11.6. The number of halogens is 3. The first-order valence-electron chi connectivity index (χ1n) is 21.6. The van der Waals surface area contributed by atoms with Crippen LogP contribution in [0.15, 0.2) is 212 Å². The molecular formula is C58H38F3N5. The Bertz CT molecular complexity index is 3460. The minimum atomic E-state index is -4.55. The van der Waals surface area contributed by atoms with Crippen LogP contribution in [0.1, 0.15) is 11.1 Å². The summed E-state index contributed by atoms with van der Waals surface area (Å²) in [5.41, 5.74) is 10.9. The molecule has 0 amide bonds. The summed E-state index contributed by atoms with van der Waals surface area (Å²) in [4.78, 5) is 21.0. The summed E-state index contributed by atoms with van der Waals surface area (Å²) in [5, 5.41) is 1.84. The van der Waals surface area contributed by atoms with Crippen molar-refractivity contribution in [2.75, 3.05) is 0 Å². The number of para-hydroxylation sites is 1. The van der Waals surface area contributed by atoms with Gasteiger partial charge in [-0.1, -0.05) is 169 Å². The van der Waals surface area contributed by atoms with E-state index in [9.17, 15) is 13.2 Å². The number of fused-ring (bicyclic) bond motifs is 3. The quantitative estimate of drug-likeness (QED) is 0.153. The van der Waals surface area contributed by atoms with E-state index in [1.54, 1.807) is 25.1 Å². The summed E-state index contributed by atoms with van der Waals surface area (Å²) < 4.78 is 46.2. The highest BCUT2D eigenvalue weighted by Crippen LogP contribution is 2.43. The van der Waals surface area contributed by atoms with Crippen molar-refractivity contribution in [2.45, 2.75) is 13.1 Å². The maximum atomic E-state index is 14.7. The van der Waals surface area contributed by atoms with Crippen molar-refractivity contribution in [2.24, 2.45) is 0 Å². The number of rotatable bonds is 8. The van der Waals surface area contributed by atoms with Gasteiger partial charge in [-0.15, -0.1) is 0 Å². The molecule has 0 fully saturated rings. The molecule has 3 heterocycles. The highest BCUT2D eigenvalue weighted by Gasteiger charge is 2.34. The summed E-state index contributed by atoms with van der Waals surface area (Å²) in [7, 11) is 0. The first-order valence-corrected chi connectivity index (χ1v) is 21.6. The Morgan fingerprint density at radius 3 is 1.36 bits per heavy atom. The van der Waals surface area contributed by atoms with E-state index in [-0.39, 0.29) is 5.56 Å². The van der Waals surface area contributed by atoms with Gasteiger partial charge in [0.25, 0.3) is 0 Å². The van der Waals surface area contributed by atoms with Crippen LogP contribution in [-0.2, 0) is 6.18 Å². The fourth-order valence-electron chi connectivity index (χ4n) is 8.76. The van der Waals surface area contributed by atoms with E-state index in [0.717, 1.165) is 78.1 Å². The number of aromatic nitrogens is 5. The highest BCUT2D eigenvalue weighted by atomic mass is 19.4. The van der Waals surface area contributed by atoms with Crippen LogP contribution in [0.4, 0.5) is 13.2 Å². The Morgan fingerprint density at radius 1 is 0.364 bits per heavy atom. The summed E-state index contributed by atoms with van der Waals surface area (Å²) in [5.74, 6) is 0.962. The Hall–Kier alpha value is -8.49. The molecule has 5 nitrogen and oxygen atoms in total. The predicted octanol–water partition coefficient (Wildman–Crippen LogP) is 15.4. The van der Waals surface area contributed by atoms with Crippen LogP contribution < -0.4 is 0 Å². The van der Waals surface area contributed by atoms with E-state index in [0.29, 0.717) is 28.3 Å². The molecule has 0 N–H and O–H groups in total. The van der Waals surface area contributed by atoms with Crippen molar-refractivity contribution in [3.63, 3.8) is 0 Å². The molecule has 0 radical (unpaired) electrons. The standard InChI is InChI=1S/C58H38F3N5/c1-37-26-29-44(48(32-37)58(59,60)61)42-27-30-46-45-24-14-15-25-53(45)66(55(46)34-42)54-31-28-43(56-62-49(38-16-6-2-7-17-38)35-50(63-56)39-18-8-3-9-19-39)33-47(54)57-64-51(40-20-10-4-11-21-40)36-52(65-57)41-22-12-5-13-23-41/h2-36H,1H3. The molecule has 0 saturated carbocycles. The van der Waals surface area contributed by atoms with Crippen LogP contribution in [-0.4, -0.2) is 24.5 Å². The van der Waals surface area contributed by atoms with Crippen LogP contribution >= 0.6 is 0 Å². The van der Waals surface area contributed by atoms with E-state index in [1.807, 2.05) is 188 Å². The lowest BCUT2D eigenvalue weighted by molar-refractivity contribution is -0.137. The zero-order valence-corrected chi connectivity index (χ0v) is 35.6. The van der Waals surface area contributed by atoms with E-state index in [4.69, 9.17) is 19.9 Å². The third kappa shape index (κ3) is 7.58. The molecule has 0 bridgehead atoms. The SMILES string of the molecule is Cc1ccc(-c2ccc3c4ccccc4n(-c4ccc(-c5nc(-c6ccccc6)cc(-c6ccccc6)n5)cc4-c4nc(-c5ccccc5)cc(-c5ccccc5)n4)c3c2)c(C(F)(F)F)c1. The van der Waals surface area contributed by atoms with Gasteiger partial charge in [0, 0.05) is 44.2 Å². The number of nitrogens with zero attached hydrogens (tertiary/aromatic N) is 5. The molecule has 0 aliphatic carbocycles. The van der Waals surface area contributed by atoms with Crippen molar-refractivity contribution in [1.29, 1.82) is 0 Å². The van der Waals surface area contributed by atoms with E-state index >= 15 is 0 Å². The first kappa shape index (κ1) is 40.3. The summed E-state index contributed by atoms with van der Waals surface area (Å²) in [6.07, 6.45) is -4.55. The molecule has 0 aliphatic rings. The largest absolute Gasteiger partial charge is 0.417 e. The van der Waals surface area contributed by atoms with Crippen LogP contribution in [0.2, 0.25) is 0 Å². The minimum absolute atomic E-state index is 0.110. The van der Waals surface area contributed by atoms with Gasteiger partial charge in [0.15, 0.2) is 11.6 Å². The zero-order valence-electron chi connectivity index (χ0n) is 35.6. The number of alkyl halides is 3. The van der Waals surface area contributed by atoms with Gasteiger partial charge in [0.2, 0.25) is 0 Å². The van der Waals surface area contributed by atoms with Crippen molar-refractivity contribution in [1.82, 2.24) is 24.5 Å². The maximum Gasteiger partial charge on any atom is 0.417 e. The second-order valence-electron chi connectivity index (χ2n) is 16.3. The van der Waals surface area contributed by atoms with Crippen LogP contribution in [0.25, 0.3) is 106 Å². The van der Waals surface area contributed by atoms with Gasteiger partial charge in [-0.2, -0.15) is 13.2 Å². The first-order chi connectivity index (χ1) is 32.2. The lowest BCUT2D eigenvalue weighted by Crippen LogP contribution is -2.07. The molecule has 8 heteroatoms. The molecule has 8 aromatic carbocycles. The molecule has 66 heavy (non-hydrogen) atoms. The van der Waals surface area contributed by atoms with Crippen LogP contribution in [0.5, 0.6) is 0 Å².